The van der Waals surface area contributed by atoms with Crippen molar-refractivity contribution in [1.29, 1.82) is 5.26 Å². The molecule has 0 spiro atoms. The molecule has 0 aromatic heterocycles. The minimum absolute atomic E-state index is 0.0970. The Labute approximate surface area is 88.8 Å². The fourth-order valence-corrected chi connectivity index (χ4v) is 1.62. The highest BCUT2D eigenvalue weighted by atomic mass is 16.5. The third kappa shape index (κ3) is 1.79. The first-order chi connectivity index (χ1) is 7.20. The van der Waals surface area contributed by atoms with Gasteiger partial charge in [-0.2, -0.15) is 5.26 Å². The van der Waals surface area contributed by atoms with E-state index >= 15 is 0 Å². The summed E-state index contributed by atoms with van der Waals surface area (Å²) in [5, 5.41) is 8.78. The van der Waals surface area contributed by atoms with Crippen LogP contribution in [0, 0.1) is 18.3 Å². The third-order valence-electron chi connectivity index (χ3n) is 2.54. The van der Waals surface area contributed by atoms with Gasteiger partial charge in [-0.25, -0.2) is 0 Å². The van der Waals surface area contributed by atoms with Crippen LogP contribution >= 0.6 is 0 Å². The van der Waals surface area contributed by atoms with E-state index in [4.69, 9.17) is 15.7 Å². The molecule has 1 aromatic rings. The number of nitriles is 1. The number of hydrogen-bond donors (Lipinski definition) is 1. The summed E-state index contributed by atoms with van der Waals surface area (Å²) in [5.41, 5.74) is 8.39. The quantitative estimate of drug-likeness (QED) is 0.755. The molecule has 0 saturated heterocycles. The zero-order chi connectivity index (χ0) is 10.8. The molecular weight excluding hydrogens is 188 g/mol. The van der Waals surface area contributed by atoms with Gasteiger partial charge in [0.15, 0.2) is 5.88 Å². The summed E-state index contributed by atoms with van der Waals surface area (Å²) in [7, 11) is 0. The van der Waals surface area contributed by atoms with E-state index in [0.29, 0.717) is 12.0 Å². The molecule has 0 bridgehead atoms. The van der Waals surface area contributed by atoms with Gasteiger partial charge in [-0.05, 0) is 12.5 Å². The van der Waals surface area contributed by atoms with Gasteiger partial charge < -0.3 is 10.5 Å². The first kappa shape index (κ1) is 9.60. The van der Waals surface area contributed by atoms with Gasteiger partial charge in [0, 0.05) is 6.42 Å². The first-order valence-electron chi connectivity index (χ1n) is 4.82. The first-order valence-corrected chi connectivity index (χ1v) is 4.82. The fraction of sp³-hybridized carbons (Fsp3) is 0.250. The number of nitrogens with two attached hydrogens (primary N) is 1. The molecule has 3 heteroatoms. The van der Waals surface area contributed by atoms with E-state index in [1.54, 1.807) is 0 Å². The summed E-state index contributed by atoms with van der Waals surface area (Å²) in [4.78, 5) is 0. The Morgan fingerprint density at radius 1 is 1.40 bits per heavy atom. The highest BCUT2D eigenvalue weighted by Gasteiger charge is 2.25. The fourth-order valence-electron chi connectivity index (χ4n) is 1.62. The van der Waals surface area contributed by atoms with Crippen molar-refractivity contribution in [2.75, 3.05) is 0 Å². The number of aryl methyl sites for hydroxylation is 1. The molecule has 1 aliphatic rings. The predicted octanol–water partition coefficient (Wildman–Crippen LogP) is 2.15. The molecule has 2 N–H and O–H groups in total. The van der Waals surface area contributed by atoms with Crippen molar-refractivity contribution >= 4 is 0 Å². The Bertz CT molecular complexity index is 440. The van der Waals surface area contributed by atoms with E-state index < -0.39 is 0 Å². The standard InChI is InChI=1S/C12H12N2O/c1-8-2-4-9(5-3-8)11-6-10(7-13)12(14)15-11/h2-5,11H,6,14H2,1H3. The van der Waals surface area contributed by atoms with E-state index in [0.717, 1.165) is 5.56 Å². The number of nitrogens with zero attached hydrogens (tertiary/aromatic N) is 1. The lowest BCUT2D eigenvalue weighted by molar-refractivity contribution is 0.143. The summed E-state index contributed by atoms with van der Waals surface area (Å²) in [6, 6.07) is 10.1. The second kappa shape index (κ2) is 3.66. The highest BCUT2D eigenvalue weighted by molar-refractivity contribution is 5.32. The zero-order valence-corrected chi connectivity index (χ0v) is 8.53. The van der Waals surface area contributed by atoms with Crippen molar-refractivity contribution in [1.82, 2.24) is 0 Å². The van der Waals surface area contributed by atoms with Gasteiger partial charge in [0.25, 0.3) is 0 Å². The average Bonchev–Trinajstić information content (AvgIpc) is 2.61. The van der Waals surface area contributed by atoms with Gasteiger partial charge in [-0.3, -0.25) is 0 Å². The van der Waals surface area contributed by atoms with E-state index in [1.165, 1.54) is 5.56 Å². The molecule has 0 radical (unpaired) electrons. The molecule has 0 aliphatic carbocycles. The van der Waals surface area contributed by atoms with Gasteiger partial charge >= 0.3 is 0 Å². The van der Waals surface area contributed by atoms with Crippen LogP contribution in [-0.2, 0) is 4.74 Å². The third-order valence-corrected chi connectivity index (χ3v) is 2.54. The Balaban J connectivity index is 2.18. The minimum atomic E-state index is -0.0970. The van der Waals surface area contributed by atoms with Crippen molar-refractivity contribution < 1.29 is 4.74 Å². The minimum Gasteiger partial charge on any atom is -0.470 e. The average molecular weight is 200 g/mol. The molecular formula is C12H12N2O. The molecule has 0 fully saturated rings. The molecule has 0 saturated carbocycles. The highest BCUT2D eigenvalue weighted by Crippen LogP contribution is 2.33. The van der Waals surface area contributed by atoms with Crippen LogP contribution < -0.4 is 5.73 Å². The zero-order valence-electron chi connectivity index (χ0n) is 8.53. The van der Waals surface area contributed by atoms with Crippen LogP contribution in [0.1, 0.15) is 23.7 Å². The largest absolute Gasteiger partial charge is 0.470 e. The van der Waals surface area contributed by atoms with E-state index in [2.05, 4.69) is 6.07 Å². The molecule has 1 heterocycles. The smallest absolute Gasteiger partial charge is 0.198 e. The molecule has 1 aliphatic heterocycles. The monoisotopic (exact) mass is 200 g/mol. The van der Waals surface area contributed by atoms with E-state index in [1.807, 2.05) is 31.2 Å². The molecule has 1 atom stereocenters. The maximum absolute atomic E-state index is 8.78. The second-order valence-corrected chi connectivity index (χ2v) is 3.68. The SMILES string of the molecule is Cc1ccc(C2CC(C#N)=C(N)O2)cc1. The molecule has 1 aromatic carbocycles. The summed E-state index contributed by atoms with van der Waals surface area (Å²) < 4.78 is 5.43. The molecule has 0 amide bonds. The van der Waals surface area contributed by atoms with Gasteiger partial charge in [-0.15, -0.1) is 0 Å². The molecule has 2 rings (SSSR count). The lowest BCUT2D eigenvalue weighted by Gasteiger charge is -2.11. The summed E-state index contributed by atoms with van der Waals surface area (Å²) in [6.45, 7) is 2.03. The number of rotatable bonds is 1. The van der Waals surface area contributed by atoms with E-state index in [9.17, 15) is 0 Å². The molecule has 15 heavy (non-hydrogen) atoms. The van der Waals surface area contributed by atoms with Gasteiger partial charge in [0.2, 0.25) is 0 Å². The van der Waals surface area contributed by atoms with Crippen LogP contribution in [0.2, 0.25) is 0 Å². The van der Waals surface area contributed by atoms with Crippen molar-refractivity contribution in [3.63, 3.8) is 0 Å². The Hall–Kier alpha value is -1.95. The summed E-state index contributed by atoms with van der Waals surface area (Å²) in [6.07, 6.45) is 0.478. The normalized spacial score (nSPS) is 19.9. The maximum atomic E-state index is 8.78. The Morgan fingerprint density at radius 3 is 2.60 bits per heavy atom. The lowest BCUT2D eigenvalue weighted by Crippen LogP contribution is -2.01. The number of hydrogen-bond acceptors (Lipinski definition) is 3. The van der Waals surface area contributed by atoms with Crippen LogP contribution in [0.15, 0.2) is 35.7 Å². The number of benzene rings is 1. The van der Waals surface area contributed by atoms with Gasteiger partial charge in [0.1, 0.15) is 12.2 Å². The van der Waals surface area contributed by atoms with Gasteiger partial charge in [0.05, 0.1) is 5.57 Å². The topological polar surface area (TPSA) is 59.0 Å². The van der Waals surface area contributed by atoms with Crippen LogP contribution in [0.25, 0.3) is 0 Å². The van der Waals surface area contributed by atoms with Crippen molar-refractivity contribution in [2.45, 2.75) is 19.4 Å². The van der Waals surface area contributed by atoms with Crippen LogP contribution in [0.3, 0.4) is 0 Å². The predicted molar refractivity (Wildman–Crippen MR) is 56.4 cm³/mol. The van der Waals surface area contributed by atoms with Gasteiger partial charge in [-0.1, -0.05) is 29.8 Å². The summed E-state index contributed by atoms with van der Waals surface area (Å²) >= 11 is 0. The van der Waals surface area contributed by atoms with Crippen molar-refractivity contribution in [2.24, 2.45) is 5.73 Å². The van der Waals surface area contributed by atoms with Crippen LogP contribution in [0.5, 0.6) is 0 Å². The number of ether oxygens (including phenoxy) is 1. The summed E-state index contributed by atoms with van der Waals surface area (Å²) in [5.74, 6) is 0.267. The molecule has 1 unspecified atom stereocenters. The molecule has 3 nitrogen and oxygen atoms in total. The molecule has 76 valence electrons. The van der Waals surface area contributed by atoms with Crippen molar-refractivity contribution in [3.05, 3.63) is 46.8 Å². The van der Waals surface area contributed by atoms with E-state index in [-0.39, 0.29) is 12.0 Å². The Kier molecular flexibility index (Phi) is 2.34. The Morgan fingerprint density at radius 2 is 2.07 bits per heavy atom. The van der Waals surface area contributed by atoms with Crippen molar-refractivity contribution in [3.8, 4) is 6.07 Å². The van der Waals surface area contributed by atoms with Crippen LogP contribution in [-0.4, -0.2) is 0 Å². The lowest BCUT2D eigenvalue weighted by atomic mass is 10.0. The second-order valence-electron chi connectivity index (χ2n) is 3.68. The maximum Gasteiger partial charge on any atom is 0.198 e. The van der Waals surface area contributed by atoms with Crippen LogP contribution in [0.4, 0.5) is 0 Å².